The lowest BCUT2D eigenvalue weighted by Gasteiger charge is -2.14. The number of amides is 1. The first-order valence-corrected chi connectivity index (χ1v) is 18.0. The fraction of sp³-hybridized carbons (Fsp3) is 0.600. The molecule has 0 bridgehead atoms. The molecule has 44 heavy (non-hydrogen) atoms. The largest absolute Gasteiger partial charge is 0.497 e. The molecule has 2 aromatic carbocycles. The monoisotopic (exact) mass is 630 g/mol. The molecular formula is C35H54N2O6S. The first kappa shape index (κ1) is 37.3. The molecule has 0 saturated carbocycles. The van der Waals surface area contributed by atoms with Crippen LogP contribution >= 0.6 is 0 Å². The molecule has 246 valence electrons. The minimum Gasteiger partial charge on any atom is -0.497 e. The molecule has 0 aliphatic heterocycles. The summed E-state index contributed by atoms with van der Waals surface area (Å²) in [5.74, 6) is 0.0582. The number of carbonyl (C=O) groups excluding carboxylic acids is 2. The van der Waals surface area contributed by atoms with E-state index < -0.39 is 22.4 Å². The normalized spacial score (nSPS) is 11.3. The van der Waals surface area contributed by atoms with Gasteiger partial charge in [-0.05, 0) is 55.9 Å². The molecule has 0 radical (unpaired) electrons. The minimum absolute atomic E-state index is 0.00783. The molecular weight excluding hydrogens is 576 g/mol. The van der Waals surface area contributed by atoms with Crippen molar-refractivity contribution in [2.75, 3.05) is 26.1 Å². The van der Waals surface area contributed by atoms with Crippen molar-refractivity contribution in [1.82, 2.24) is 4.72 Å². The van der Waals surface area contributed by atoms with Gasteiger partial charge < -0.3 is 14.8 Å². The Morgan fingerprint density at radius 3 is 1.75 bits per heavy atom. The Morgan fingerprint density at radius 2 is 1.25 bits per heavy atom. The number of benzene rings is 2. The molecule has 0 aromatic heterocycles. The molecule has 1 amide bonds. The summed E-state index contributed by atoms with van der Waals surface area (Å²) in [7, 11) is -0.878. The molecule has 2 aromatic rings. The molecule has 0 unspecified atom stereocenters. The van der Waals surface area contributed by atoms with E-state index in [4.69, 9.17) is 9.47 Å². The average Bonchev–Trinajstić information content (AvgIpc) is 3.03. The van der Waals surface area contributed by atoms with Gasteiger partial charge in [0.2, 0.25) is 15.9 Å². The summed E-state index contributed by atoms with van der Waals surface area (Å²) in [5, 5.41) is 2.68. The van der Waals surface area contributed by atoms with Gasteiger partial charge in [0.25, 0.3) is 0 Å². The number of unbranched alkanes of at least 4 members (excludes halogenated alkanes) is 15. The number of hydrogen-bond acceptors (Lipinski definition) is 6. The van der Waals surface area contributed by atoms with E-state index in [0.717, 1.165) is 19.3 Å². The van der Waals surface area contributed by atoms with Crippen LogP contribution in [0.2, 0.25) is 0 Å². The third-order valence-electron chi connectivity index (χ3n) is 7.79. The molecule has 0 saturated heterocycles. The summed E-state index contributed by atoms with van der Waals surface area (Å²) >= 11 is 0. The maximum atomic E-state index is 12.8. The van der Waals surface area contributed by atoms with Crippen LogP contribution in [0.4, 0.5) is 5.69 Å². The predicted molar refractivity (Wildman–Crippen MR) is 178 cm³/mol. The summed E-state index contributed by atoms with van der Waals surface area (Å²) in [5.41, 5.74) is 0.595. The number of methoxy groups -OCH3 is 1. The van der Waals surface area contributed by atoms with E-state index in [-0.39, 0.29) is 16.4 Å². The zero-order valence-corrected chi connectivity index (χ0v) is 27.9. The van der Waals surface area contributed by atoms with Crippen LogP contribution in [0, 0.1) is 0 Å². The number of anilines is 1. The lowest BCUT2D eigenvalue weighted by molar-refractivity contribution is -0.115. The van der Waals surface area contributed by atoms with Crippen LogP contribution in [0.1, 0.15) is 126 Å². The summed E-state index contributed by atoms with van der Waals surface area (Å²) in [4.78, 5) is 25.4. The van der Waals surface area contributed by atoms with Crippen molar-refractivity contribution in [2.24, 2.45) is 0 Å². The molecule has 0 fully saturated rings. The van der Waals surface area contributed by atoms with Gasteiger partial charge in [0.05, 0.1) is 30.7 Å². The molecule has 0 aliphatic carbocycles. The van der Waals surface area contributed by atoms with Gasteiger partial charge in [-0.2, -0.15) is 0 Å². The summed E-state index contributed by atoms with van der Waals surface area (Å²) in [6, 6.07) is 10.8. The second kappa shape index (κ2) is 21.7. The Balaban J connectivity index is 1.72. The Morgan fingerprint density at radius 1 is 0.727 bits per heavy atom. The Hall–Kier alpha value is -2.91. The van der Waals surface area contributed by atoms with E-state index in [0.29, 0.717) is 23.7 Å². The van der Waals surface area contributed by atoms with E-state index in [1.165, 1.54) is 116 Å². The third kappa shape index (κ3) is 14.7. The number of nitrogens with one attached hydrogen (secondary N) is 2. The van der Waals surface area contributed by atoms with Gasteiger partial charge in [0.1, 0.15) is 11.5 Å². The number of rotatable bonds is 25. The predicted octanol–water partition coefficient (Wildman–Crippen LogP) is 8.46. The van der Waals surface area contributed by atoms with E-state index in [2.05, 4.69) is 17.0 Å². The van der Waals surface area contributed by atoms with Gasteiger partial charge in [-0.1, -0.05) is 103 Å². The molecule has 0 aliphatic rings. The van der Waals surface area contributed by atoms with E-state index in [9.17, 15) is 18.0 Å². The SMILES string of the molecule is CCCCCCCCCCCCCCCCCCOc1ccc(S(=O)(=O)NC)cc1NC(=O)CC(=O)c1ccc(OC)cc1. The minimum atomic E-state index is -3.73. The van der Waals surface area contributed by atoms with Crippen LogP contribution in [0.5, 0.6) is 11.5 Å². The molecule has 2 rings (SSSR count). The van der Waals surface area contributed by atoms with Crippen LogP contribution < -0.4 is 19.5 Å². The summed E-state index contributed by atoms with van der Waals surface area (Å²) in [6.45, 7) is 2.71. The zero-order valence-electron chi connectivity index (χ0n) is 27.1. The molecule has 8 nitrogen and oxygen atoms in total. The van der Waals surface area contributed by atoms with Gasteiger partial charge in [-0.15, -0.1) is 0 Å². The highest BCUT2D eigenvalue weighted by molar-refractivity contribution is 7.89. The Bertz CT molecular complexity index is 1210. The van der Waals surface area contributed by atoms with Gasteiger partial charge >= 0.3 is 0 Å². The number of ketones is 1. The number of carbonyl (C=O) groups is 2. The molecule has 2 N–H and O–H groups in total. The smallest absolute Gasteiger partial charge is 0.240 e. The van der Waals surface area contributed by atoms with Crippen LogP contribution in [-0.4, -0.2) is 40.9 Å². The lowest BCUT2D eigenvalue weighted by Crippen LogP contribution is -2.20. The number of sulfonamides is 1. The maximum Gasteiger partial charge on any atom is 0.240 e. The second-order valence-corrected chi connectivity index (χ2v) is 13.3. The number of hydrogen-bond donors (Lipinski definition) is 2. The summed E-state index contributed by atoms with van der Waals surface area (Å²) in [6.07, 6.45) is 20.2. The first-order valence-electron chi connectivity index (χ1n) is 16.5. The van der Waals surface area contributed by atoms with Crippen molar-refractivity contribution in [3.8, 4) is 11.5 Å². The highest BCUT2D eigenvalue weighted by Crippen LogP contribution is 2.28. The van der Waals surface area contributed by atoms with Gasteiger partial charge in [-0.3, -0.25) is 9.59 Å². The topological polar surface area (TPSA) is 111 Å². The zero-order chi connectivity index (χ0) is 32.0. The quantitative estimate of drug-likeness (QED) is 0.0647. The standard InChI is InChI=1S/C35H54N2O6S/c1-4-5-6-7-8-9-10-11-12-13-14-15-16-17-18-19-26-43-34-25-24-31(44(40,41)36-2)27-32(34)37-35(39)28-33(38)29-20-22-30(42-3)23-21-29/h20-25,27,36H,4-19,26,28H2,1-3H3,(H,37,39). The second-order valence-electron chi connectivity index (χ2n) is 11.4. The fourth-order valence-corrected chi connectivity index (χ4v) is 5.83. The number of Topliss-reactive ketones (excluding diaryl/α,β-unsaturated/α-hetero) is 1. The van der Waals surface area contributed by atoms with Crippen molar-refractivity contribution >= 4 is 27.4 Å². The van der Waals surface area contributed by atoms with Gasteiger partial charge in [0.15, 0.2) is 5.78 Å². The third-order valence-corrected chi connectivity index (χ3v) is 9.20. The van der Waals surface area contributed by atoms with Crippen molar-refractivity contribution < 1.29 is 27.5 Å². The highest BCUT2D eigenvalue weighted by Gasteiger charge is 2.18. The van der Waals surface area contributed by atoms with Crippen molar-refractivity contribution in [2.45, 2.75) is 121 Å². The van der Waals surface area contributed by atoms with Crippen LogP contribution in [0.25, 0.3) is 0 Å². The maximum absolute atomic E-state index is 12.8. The summed E-state index contributed by atoms with van der Waals surface area (Å²) < 4.78 is 38.1. The fourth-order valence-electron chi connectivity index (χ4n) is 5.07. The molecule has 0 heterocycles. The van der Waals surface area contributed by atoms with E-state index >= 15 is 0 Å². The van der Waals surface area contributed by atoms with Crippen LogP contribution in [0.15, 0.2) is 47.4 Å². The van der Waals surface area contributed by atoms with Crippen molar-refractivity contribution in [1.29, 1.82) is 0 Å². The van der Waals surface area contributed by atoms with Crippen LogP contribution in [0.3, 0.4) is 0 Å². The van der Waals surface area contributed by atoms with Crippen molar-refractivity contribution in [3.63, 3.8) is 0 Å². The van der Waals surface area contributed by atoms with Gasteiger partial charge in [0, 0.05) is 5.56 Å². The molecule has 0 atom stereocenters. The van der Waals surface area contributed by atoms with E-state index in [1.807, 2.05) is 0 Å². The van der Waals surface area contributed by atoms with Crippen LogP contribution in [-0.2, 0) is 14.8 Å². The van der Waals surface area contributed by atoms with Gasteiger partial charge in [-0.25, -0.2) is 13.1 Å². The van der Waals surface area contributed by atoms with E-state index in [1.54, 1.807) is 24.3 Å². The number of ether oxygens (including phenoxy) is 2. The highest BCUT2D eigenvalue weighted by atomic mass is 32.2. The Kier molecular flexibility index (Phi) is 18.4. The molecule has 9 heteroatoms. The Labute approximate surface area is 265 Å². The lowest BCUT2D eigenvalue weighted by atomic mass is 10.0. The average molecular weight is 631 g/mol. The van der Waals surface area contributed by atoms with Crippen molar-refractivity contribution in [3.05, 3.63) is 48.0 Å². The first-order chi connectivity index (χ1) is 21.3. The molecule has 0 spiro atoms.